The summed E-state index contributed by atoms with van der Waals surface area (Å²) in [7, 11) is 0. The van der Waals surface area contributed by atoms with E-state index in [2.05, 4.69) is 10.3 Å². The largest absolute Gasteiger partial charge is 0.489 e. The Morgan fingerprint density at radius 2 is 1.92 bits per heavy atom. The first-order valence-electron chi connectivity index (χ1n) is 8.37. The predicted molar refractivity (Wildman–Crippen MR) is 96.1 cm³/mol. The number of para-hydroxylation sites is 1. The van der Waals surface area contributed by atoms with Crippen LogP contribution >= 0.6 is 0 Å². The van der Waals surface area contributed by atoms with Gasteiger partial charge in [0, 0.05) is 23.9 Å². The third kappa shape index (κ3) is 4.42. The van der Waals surface area contributed by atoms with Crippen molar-refractivity contribution >= 4 is 5.91 Å². The predicted octanol–water partition coefficient (Wildman–Crippen LogP) is 3.58. The fourth-order valence-corrected chi connectivity index (χ4v) is 2.41. The first-order valence-corrected chi connectivity index (χ1v) is 8.37. The zero-order chi connectivity index (χ0) is 18.2. The number of carbonyl (C=O) groups excluding carboxylic acids is 1. The van der Waals surface area contributed by atoms with Crippen LogP contribution in [0.1, 0.15) is 28.6 Å². The van der Waals surface area contributed by atoms with Gasteiger partial charge in [-0.2, -0.15) is 0 Å². The maximum atomic E-state index is 12.5. The molecule has 0 spiro atoms. The summed E-state index contributed by atoms with van der Waals surface area (Å²) in [6.07, 6.45) is 3.14. The number of hydrogen-bond donors (Lipinski definition) is 1. The molecule has 2 heterocycles. The molecule has 0 radical (unpaired) electrons. The molecule has 0 aliphatic carbocycles. The van der Waals surface area contributed by atoms with E-state index in [1.54, 1.807) is 18.3 Å². The highest BCUT2D eigenvalue weighted by atomic mass is 16.5. The van der Waals surface area contributed by atoms with Crippen molar-refractivity contribution < 1.29 is 18.7 Å². The van der Waals surface area contributed by atoms with Gasteiger partial charge < -0.3 is 19.2 Å². The summed E-state index contributed by atoms with van der Waals surface area (Å²) in [5.74, 6) is 1.18. The number of pyridine rings is 1. The lowest BCUT2D eigenvalue weighted by Crippen LogP contribution is -2.24. The molecule has 1 amide bonds. The number of hydrogen-bond acceptors (Lipinski definition) is 5. The van der Waals surface area contributed by atoms with E-state index in [9.17, 15) is 4.79 Å². The van der Waals surface area contributed by atoms with Gasteiger partial charge in [0.2, 0.25) is 5.88 Å². The van der Waals surface area contributed by atoms with Crippen molar-refractivity contribution in [2.75, 3.05) is 6.61 Å². The Labute approximate surface area is 151 Å². The molecule has 1 N–H and O–H groups in total. The number of benzene rings is 1. The third-order valence-electron chi connectivity index (χ3n) is 3.66. The minimum Gasteiger partial charge on any atom is -0.489 e. The van der Waals surface area contributed by atoms with Crippen LogP contribution in [0.25, 0.3) is 0 Å². The van der Waals surface area contributed by atoms with Crippen LogP contribution in [-0.2, 0) is 13.2 Å². The number of furan rings is 1. The Balaban J connectivity index is 1.61. The average Bonchev–Trinajstić information content (AvgIpc) is 3.15. The molecule has 3 rings (SSSR count). The summed E-state index contributed by atoms with van der Waals surface area (Å²) in [6, 6.07) is 14.8. The monoisotopic (exact) mass is 352 g/mol. The molecule has 0 aliphatic heterocycles. The van der Waals surface area contributed by atoms with E-state index in [0.29, 0.717) is 24.6 Å². The van der Waals surface area contributed by atoms with Gasteiger partial charge in [0.15, 0.2) is 5.76 Å². The van der Waals surface area contributed by atoms with Gasteiger partial charge in [0.05, 0.1) is 12.9 Å². The Morgan fingerprint density at radius 3 is 2.73 bits per heavy atom. The van der Waals surface area contributed by atoms with E-state index in [4.69, 9.17) is 13.9 Å². The Kier molecular flexibility index (Phi) is 5.88. The summed E-state index contributed by atoms with van der Waals surface area (Å²) in [5.41, 5.74) is 1.49. The number of nitrogens with zero attached hydrogens (tertiary/aromatic N) is 1. The normalized spacial score (nSPS) is 10.3. The summed E-state index contributed by atoms with van der Waals surface area (Å²) < 4.78 is 16.5. The SMILES string of the molecule is CCOc1ncccc1CNC(=O)c1occc1COc1ccccc1. The number of aromatic nitrogens is 1. The fraction of sp³-hybridized carbons (Fsp3) is 0.200. The molecule has 3 aromatic rings. The van der Waals surface area contributed by atoms with E-state index >= 15 is 0 Å². The lowest BCUT2D eigenvalue weighted by molar-refractivity contribution is 0.0919. The van der Waals surface area contributed by atoms with Crippen molar-refractivity contribution in [3.8, 4) is 11.6 Å². The van der Waals surface area contributed by atoms with Crippen LogP contribution in [0.4, 0.5) is 0 Å². The van der Waals surface area contributed by atoms with E-state index in [1.165, 1.54) is 6.26 Å². The topological polar surface area (TPSA) is 73.6 Å². The highest BCUT2D eigenvalue weighted by Crippen LogP contribution is 2.17. The van der Waals surface area contributed by atoms with Crippen molar-refractivity contribution in [2.45, 2.75) is 20.1 Å². The molecule has 0 bridgehead atoms. The van der Waals surface area contributed by atoms with E-state index in [-0.39, 0.29) is 18.3 Å². The van der Waals surface area contributed by atoms with Crippen molar-refractivity contribution in [2.24, 2.45) is 0 Å². The number of ether oxygens (including phenoxy) is 2. The van der Waals surface area contributed by atoms with Crippen LogP contribution in [0.15, 0.2) is 65.4 Å². The second kappa shape index (κ2) is 8.71. The lowest BCUT2D eigenvalue weighted by atomic mass is 10.2. The van der Waals surface area contributed by atoms with Gasteiger partial charge in [0.25, 0.3) is 5.91 Å². The number of carbonyl (C=O) groups is 1. The summed E-state index contributed by atoms with van der Waals surface area (Å²) in [5, 5.41) is 2.83. The van der Waals surface area contributed by atoms with Gasteiger partial charge in [-0.25, -0.2) is 4.98 Å². The zero-order valence-electron chi connectivity index (χ0n) is 14.5. The minimum absolute atomic E-state index is 0.239. The highest BCUT2D eigenvalue weighted by Gasteiger charge is 2.16. The van der Waals surface area contributed by atoms with Crippen molar-refractivity contribution in [3.63, 3.8) is 0 Å². The van der Waals surface area contributed by atoms with E-state index in [1.807, 2.05) is 43.3 Å². The molecule has 0 aliphatic rings. The molecule has 2 aromatic heterocycles. The molecule has 0 saturated carbocycles. The van der Waals surface area contributed by atoms with Crippen LogP contribution in [0.5, 0.6) is 11.6 Å². The summed E-state index contributed by atoms with van der Waals surface area (Å²) in [6.45, 7) is 2.94. The third-order valence-corrected chi connectivity index (χ3v) is 3.66. The molecule has 134 valence electrons. The highest BCUT2D eigenvalue weighted by molar-refractivity contribution is 5.92. The first kappa shape index (κ1) is 17.5. The smallest absolute Gasteiger partial charge is 0.287 e. The van der Waals surface area contributed by atoms with E-state index in [0.717, 1.165) is 11.3 Å². The summed E-state index contributed by atoms with van der Waals surface area (Å²) in [4.78, 5) is 16.6. The van der Waals surface area contributed by atoms with Crippen LogP contribution in [0.3, 0.4) is 0 Å². The molecule has 0 fully saturated rings. The molecule has 1 aromatic carbocycles. The molecular formula is C20H20N2O4. The van der Waals surface area contributed by atoms with Crippen LogP contribution in [-0.4, -0.2) is 17.5 Å². The maximum absolute atomic E-state index is 12.5. The number of rotatable bonds is 8. The first-order chi connectivity index (χ1) is 12.8. The number of nitrogens with one attached hydrogen (secondary N) is 1. The second-order valence-electron chi connectivity index (χ2n) is 5.46. The van der Waals surface area contributed by atoms with Gasteiger partial charge in [-0.05, 0) is 31.2 Å². The molecule has 0 unspecified atom stereocenters. The Hall–Kier alpha value is -3.28. The van der Waals surface area contributed by atoms with Crippen molar-refractivity contribution in [3.05, 3.63) is 77.9 Å². The van der Waals surface area contributed by atoms with Crippen molar-refractivity contribution in [1.82, 2.24) is 10.3 Å². The molecule has 6 nitrogen and oxygen atoms in total. The van der Waals surface area contributed by atoms with Gasteiger partial charge in [-0.15, -0.1) is 0 Å². The Morgan fingerprint density at radius 1 is 1.08 bits per heavy atom. The standard InChI is InChI=1S/C20H20N2O4/c1-2-24-20-15(7-6-11-21-20)13-22-19(23)18-16(10-12-25-18)14-26-17-8-4-3-5-9-17/h3-12H,2,13-14H2,1H3,(H,22,23). The molecule has 6 heteroatoms. The van der Waals surface area contributed by atoms with Gasteiger partial charge in [0.1, 0.15) is 12.4 Å². The van der Waals surface area contributed by atoms with Gasteiger partial charge >= 0.3 is 0 Å². The maximum Gasteiger partial charge on any atom is 0.287 e. The molecule has 26 heavy (non-hydrogen) atoms. The molecule has 0 saturated heterocycles. The van der Waals surface area contributed by atoms with Crippen LogP contribution < -0.4 is 14.8 Å². The van der Waals surface area contributed by atoms with Gasteiger partial charge in [-0.3, -0.25) is 4.79 Å². The molecule has 0 atom stereocenters. The van der Waals surface area contributed by atoms with Gasteiger partial charge in [-0.1, -0.05) is 24.3 Å². The average molecular weight is 352 g/mol. The lowest BCUT2D eigenvalue weighted by Gasteiger charge is -2.10. The van der Waals surface area contributed by atoms with Crippen LogP contribution in [0.2, 0.25) is 0 Å². The minimum atomic E-state index is -0.312. The van der Waals surface area contributed by atoms with Crippen LogP contribution in [0, 0.1) is 0 Å². The Bertz CT molecular complexity index is 846. The second-order valence-corrected chi connectivity index (χ2v) is 5.46. The quantitative estimate of drug-likeness (QED) is 0.671. The summed E-state index contributed by atoms with van der Waals surface area (Å²) >= 11 is 0. The molecular weight excluding hydrogens is 332 g/mol. The van der Waals surface area contributed by atoms with E-state index < -0.39 is 0 Å². The fourth-order valence-electron chi connectivity index (χ4n) is 2.41. The zero-order valence-corrected chi connectivity index (χ0v) is 14.5. The number of amides is 1. The van der Waals surface area contributed by atoms with Crippen molar-refractivity contribution in [1.29, 1.82) is 0 Å².